The van der Waals surface area contributed by atoms with Crippen LogP contribution in [-0.2, 0) is 17.3 Å². The van der Waals surface area contributed by atoms with Crippen LogP contribution in [0.5, 0.6) is 0 Å². The van der Waals surface area contributed by atoms with Crippen LogP contribution in [0.15, 0.2) is 30.7 Å². The number of hydrogen-bond acceptors (Lipinski definition) is 4. The summed E-state index contributed by atoms with van der Waals surface area (Å²) in [6.07, 6.45) is 4.23. The van der Waals surface area contributed by atoms with Crippen molar-refractivity contribution in [1.82, 2.24) is 9.55 Å². The van der Waals surface area contributed by atoms with Gasteiger partial charge in [0.15, 0.2) is 0 Å². The van der Waals surface area contributed by atoms with Crippen molar-refractivity contribution in [3.63, 3.8) is 0 Å². The third-order valence-corrected chi connectivity index (χ3v) is 4.39. The molecule has 1 amide bonds. The molecule has 106 valence electrons. The van der Waals surface area contributed by atoms with Crippen LogP contribution in [0.25, 0.3) is 0 Å². The highest BCUT2D eigenvalue weighted by Crippen LogP contribution is 2.64. The van der Waals surface area contributed by atoms with Gasteiger partial charge in [0.05, 0.1) is 22.4 Å². The molecule has 1 spiro atoms. The second-order valence-electron chi connectivity index (χ2n) is 5.63. The summed E-state index contributed by atoms with van der Waals surface area (Å²) in [6.45, 7) is 0. The van der Waals surface area contributed by atoms with Crippen LogP contribution >= 0.6 is 0 Å². The van der Waals surface area contributed by atoms with Crippen molar-refractivity contribution in [2.45, 2.75) is 17.8 Å². The Hall–Kier alpha value is -2.70. The largest absolute Gasteiger partial charge is 0.340 e. The zero-order chi connectivity index (χ0) is 14.8. The van der Waals surface area contributed by atoms with Gasteiger partial charge in [-0.25, -0.2) is 4.98 Å². The highest BCUT2D eigenvalue weighted by atomic mass is 16.6. The smallest absolute Gasteiger partial charge is 0.269 e. The number of fused-ring (bicyclic) bond motifs is 2. The highest BCUT2D eigenvalue weighted by Gasteiger charge is 2.66. The molecule has 4 rings (SSSR count). The predicted octanol–water partition coefficient (Wildman–Crippen LogP) is 1.71. The first-order valence-corrected chi connectivity index (χ1v) is 6.60. The van der Waals surface area contributed by atoms with Crippen LogP contribution in [0.4, 0.5) is 11.4 Å². The highest BCUT2D eigenvalue weighted by molar-refractivity contribution is 6.09. The third kappa shape index (κ3) is 1.48. The molecule has 2 aromatic rings. The summed E-state index contributed by atoms with van der Waals surface area (Å²) in [6, 6.07) is 4.53. The second-order valence-corrected chi connectivity index (χ2v) is 5.63. The van der Waals surface area contributed by atoms with Gasteiger partial charge in [0.1, 0.15) is 0 Å². The van der Waals surface area contributed by atoms with Crippen molar-refractivity contribution < 1.29 is 9.72 Å². The normalized spacial score (nSPS) is 25.8. The summed E-state index contributed by atoms with van der Waals surface area (Å²) in [4.78, 5) is 27.2. The van der Waals surface area contributed by atoms with Gasteiger partial charge in [-0.15, -0.1) is 0 Å². The molecule has 7 nitrogen and oxygen atoms in total. The Bertz CT molecular complexity index is 797. The molecule has 1 aliphatic heterocycles. The van der Waals surface area contributed by atoms with Gasteiger partial charge >= 0.3 is 0 Å². The Labute approximate surface area is 119 Å². The Morgan fingerprint density at radius 1 is 1.52 bits per heavy atom. The fourth-order valence-corrected chi connectivity index (χ4v) is 3.26. The third-order valence-electron chi connectivity index (χ3n) is 4.39. The van der Waals surface area contributed by atoms with Crippen molar-refractivity contribution in [3.05, 3.63) is 52.1 Å². The first-order valence-electron chi connectivity index (χ1n) is 6.60. The number of hydrogen-bond donors (Lipinski definition) is 1. The SMILES string of the molecule is Cn1cnc(C2CC23C(=O)Nc2ccc([N+](=O)[O-])cc23)c1. The summed E-state index contributed by atoms with van der Waals surface area (Å²) in [5, 5.41) is 13.8. The van der Waals surface area contributed by atoms with Gasteiger partial charge in [0, 0.05) is 37.0 Å². The second kappa shape index (κ2) is 3.69. The van der Waals surface area contributed by atoms with Gasteiger partial charge in [0.2, 0.25) is 5.91 Å². The molecule has 0 radical (unpaired) electrons. The molecule has 2 aliphatic rings. The molecule has 1 aliphatic carbocycles. The van der Waals surface area contributed by atoms with Crippen molar-refractivity contribution in [2.75, 3.05) is 5.32 Å². The zero-order valence-corrected chi connectivity index (χ0v) is 11.2. The minimum atomic E-state index is -0.685. The average molecular weight is 284 g/mol. The molecule has 7 heteroatoms. The predicted molar refractivity (Wildman–Crippen MR) is 74.0 cm³/mol. The molecule has 2 heterocycles. The molecule has 2 atom stereocenters. The standard InChI is InChI=1S/C14H12N4O3/c1-17-6-12(15-7-17)10-5-14(10)9-4-8(18(20)21)2-3-11(9)16-13(14)19/h2-4,6-7,10H,5H2,1H3,(H,16,19). The number of rotatable bonds is 2. The van der Waals surface area contributed by atoms with Crippen LogP contribution in [0.1, 0.15) is 23.6 Å². The van der Waals surface area contributed by atoms with Gasteiger partial charge in [0.25, 0.3) is 5.69 Å². The van der Waals surface area contributed by atoms with E-state index in [0.717, 1.165) is 11.3 Å². The number of non-ortho nitro benzene ring substituents is 1. The van der Waals surface area contributed by atoms with Gasteiger partial charge in [-0.2, -0.15) is 0 Å². The van der Waals surface area contributed by atoms with Crippen molar-refractivity contribution in [3.8, 4) is 0 Å². The number of anilines is 1. The molecule has 1 fully saturated rings. The number of aryl methyl sites for hydroxylation is 1. The van der Waals surface area contributed by atoms with Crippen LogP contribution < -0.4 is 5.32 Å². The monoisotopic (exact) mass is 284 g/mol. The number of benzene rings is 1. The van der Waals surface area contributed by atoms with Gasteiger partial charge < -0.3 is 9.88 Å². The summed E-state index contributed by atoms with van der Waals surface area (Å²) in [5.74, 6) is -0.101. The number of carbonyl (C=O) groups is 1. The molecule has 1 aromatic carbocycles. The van der Waals surface area contributed by atoms with Crippen LogP contribution in [-0.4, -0.2) is 20.4 Å². The Balaban J connectivity index is 1.81. The van der Waals surface area contributed by atoms with E-state index >= 15 is 0 Å². The maximum absolute atomic E-state index is 12.4. The van der Waals surface area contributed by atoms with Crippen LogP contribution in [0, 0.1) is 10.1 Å². The molecule has 1 saturated carbocycles. The zero-order valence-electron chi connectivity index (χ0n) is 11.2. The molecule has 2 unspecified atom stereocenters. The van der Waals surface area contributed by atoms with E-state index in [0.29, 0.717) is 12.1 Å². The van der Waals surface area contributed by atoms with E-state index in [9.17, 15) is 14.9 Å². The Kier molecular flexibility index (Phi) is 2.12. The molecule has 1 N–H and O–H groups in total. The van der Waals surface area contributed by atoms with E-state index in [1.165, 1.54) is 12.1 Å². The van der Waals surface area contributed by atoms with E-state index in [2.05, 4.69) is 10.3 Å². The van der Waals surface area contributed by atoms with E-state index in [4.69, 9.17) is 0 Å². The molecule has 0 bridgehead atoms. The lowest BCUT2D eigenvalue weighted by molar-refractivity contribution is -0.384. The van der Waals surface area contributed by atoms with Crippen LogP contribution in [0.2, 0.25) is 0 Å². The lowest BCUT2D eigenvalue weighted by Crippen LogP contribution is -2.21. The van der Waals surface area contributed by atoms with Gasteiger partial charge in [-0.3, -0.25) is 14.9 Å². The molecular weight excluding hydrogens is 272 g/mol. The number of aromatic nitrogens is 2. The Morgan fingerprint density at radius 3 is 3.00 bits per heavy atom. The lowest BCUT2D eigenvalue weighted by Gasteiger charge is -2.06. The average Bonchev–Trinajstić information content (AvgIpc) is 2.96. The molecule has 0 saturated heterocycles. The van der Waals surface area contributed by atoms with E-state index in [1.807, 2.05) is 17.8 Å². The topological polar surface area (TPSA) is 90.1 Å². The number of nitro groups is 1. The minimum Gasteiger partial charge on any atom is -0.340 e. The maximum atomic E-state index is 12.4. The number of imidazole rings is 1. The van der Waals surface area contributed by atoms with Gasteiger partial charge in [-0.1, -0.05) is 0 Å². The quantitative estimate of drug-likeness (QED) is 0.671. The number of amides is 1. The Morgan fingerprint density at radius 2 is 2.33 bits per heavy atom. The minimum absolute atomic E-state index is 0.0105. The molecule has 21 heavy (non-hydrogen) atoms. The van der Waals surface area contributed by atoms with Crippen molar-refractivity contribution in [2.24, 2.45) is 7.05 Å². The van der Waals surface area contributed by atoms with Gasteiger partial charge in [-0.05, 0) is 18.1 Å². The fourth-order valence-electron chi connectivity index (χ4n) is 3.26. The lowest BCUT2D eigenvalue weighted by atomic mass is 9.93. The van der Waals surface area contributed by atoms with E-state index in [-0.39, 0.29) is 17.5 Å². The molecular formula is C14H12N4O3. The first kappa shape index (κ1) is 12.1. The van der Waals surface area contributed by atoms with E-state index < -0.39 is 10.3 Å². The van der Waals surface area contributed by atoms with E-state index in [1.54, 1.807) is 12.4 Å². The van der Waals surface area contributed by atoms with Crippen LogP contribution in [0.3, 0.4) is 0 Å². The summed E-state index contributed by atoms with van der Waals surface area (Å²) < 4.78 is 1.84. The van der Waals surface area contributed by atoms with Crippen molar-refractivity contribution >= 4 is 17.3 Å². The van der Waals surface area contributed by atoms with Crippen molar-refractivity contribution in [1.29, 1.82) is 0 Å². The fraction of sp³-hybridized carbons (Fsp3) is 0.286. The first-order chi connectivity index (χ1) is 10.0. The number of nitro benzene ring substituents is 1. The number of nitrogens with one attached hydrogen (secondary N) is 1. The summed E-state index contributed by atoms with van der Waals surface area (Å²) >= 11 is 0. The summed E-state index contributed by atoms with van der Waals surface area (Å²) in [7, 11) is 1.87. The maximum Gasteiger partial charge on any atom is 0.269 e. The number of carbonyl (C=O) groups excluding carboxylic acids is 1. The number of nitrogens with zero attached hydrogens (tertiary/aromatic N) is 3. The summed E-state index contributed by atoms with van der Waals surface area (Å²) in [5.41, 5.74) is 1.57. The molecule has 1 aromatic heterocycles.